The molecule has 0 aliphatic heterocycles. The van der Waals surface area contributed by atoms with Gasteiger partial charge < -0.3 is 5.32 Å². The molecule has 0 saturated carbocycles. The topological polar surface area (TPSA) is 118 Å². The maximum absolute atomic E-state index is 12.9. The fraction of sp³-hybridized carbons (Fsp3) is 0.136. The summed E-state index contributed by atoms with van der Waals surface area (Å²) in [5, 5.41) is 13.5. The van der Waals surface area contributed by atoms with Crippen molar-refractivity contribution in [1.82, 2.24) is 0 Å². The van der Waals surface area contributed by atoms with Crippen LogP contribution in [0.4, 0.5) is 30.2 Å². The lowest BCUT2D eigenvalue weighted by atomic mass is 10.1. The lowest BCUT2D eigenvalue weighted by molar-refractivity contribution is -0.385. The van der Waals surface area contributed by atoms with E-state index in [4.69, 9.17) is 0 Å². The number of nitro benzene ring substituents is 1. The van der Waals surface area contributed by atoms with E-state index < -0.39 is 32.6 Å². The first-order chi connectivity index (χ1) is 15.8. The van der Waals surface area contributed by atoms with Crippen LogP contribution in [0.2, 0.25) is 0 Å². The van der Waals surface area contributed by atoms with Crippen LogP contribution in [0.15, 0.2) is 65.6 Å². The van der Waals surface area contributed by atoms with Crippen molar-refractivity contribution in [3.63, 3.8) is 0 Å². The smallest absolute Gasteiger partial charge is 0.322 e. The van der Waals surface area contributed by atoms with Gasteiger partial charge in [-0.2, -0.15) is 13.2 Å². The molecule has 0 aliphatic rings. The molecule has 2 N–H and O–H groups in total. The molecule has 0 bridgehead atoms. The van der Waals surface area contributed by atoms with E-state index in [1.807, 2.05) is 0 Å². The van der Waals surface area contributed by atoms with Crippen molar-refractivity contribution in [3.05, 3.63) is 93.0 Å². The standard InChI is InChI=1S/C22H18F3N3O5S/c1-13-9-10-17(34(32,33)27-19-7-4-8-20(14(19)2)28(30)31)12-18(13)21(29)26-16-6-3-5-15(11-16)22(23,24)25/h3-12,27H,1-2H3,(H,26,29). The van der Waals surface area contributed by atoms with Crippen molar-refractivity contribution in [1.29, 1.82) is 0 Å². The van der Waals surface area contributed by atoms with E-state index in [9.17, 15) is 36.5 Å². The Hall–Kier alpha value is -3.93. The van der Waals surface area contributed by atoms with Crippen LogP contribution in [0.1, 0.15) is 27.0 Å². The van der Waals surface area contributed by atoms with Crippen LogP contribution in [-0.4, -0.2) is 19.2 Å². The molecule has 0 atom stereocenters. The van der Waals surface area contributed by atoms with Gasteiger partial charge in [-0.25, -0.2) is 8.42 Å². The first-order valence-electron chi connectivity index (χ1n) is 9.65. The fourth-order valence-electron chi connectivity index (χ4n) is 3.12. The number of aryl methyl sites for hydroxylation is 1. The summed E-state index contributed by atoms with van der Waals surface area (Å²) < 4.78 is 66.8. The Morgan fingerprint density at radius 1 is 1.00 bits per heavy atom. The number of nitro groups is 1. The molecule has 0 saturated heterocycles. The molecular weight excluding hydrogens is 475 g/mol. The quantitative estimate of drug-likeness (QED) is 0.358. The molecule has 34 heavy (non-hydrogen) atoms. The van der Waals surface area contributed by atoms with Crippen molar-refractivity contribution in [2.24, 2.45) is 0 Å². The van der Waals surface area contributed by atoms with Gasteiger partial charge in [-0.3, -0.25) is 19.6 Å². The Labute approximate surface area is 192 Å². The van der Waals surface area contributed by atoms with Gasteiger partial charge in [0.2, 0.25) is 0 Å². The molecule has 3 aromatic rings. The highest BCUT2D eigenvalue weighted by Crippen LogP contribution is 2.31. The average Bonchev–Trinajstić information content (AvgIpc) is 2.74. The molecule has 3 aromatic carbocycles. The number of halogens is 3. The second-order valence-electron chi connectivity index (χ2n) is 7.32. The molecule has 0 aromatic heterocycles. The SMILES string of the molecule is Cc1ccc(S(=O)(=O)Nc2cccc([N+](=O)[O-])c2C)cc1C(=O)Nc1cccc(C(F)(F)F)c1. The summed E-state index contributed by atoms with van der Waals surface area (Å²) in [6.45, 7) is 2.93. The van der Waals surface area contributed by atoms with Crippen LogP contribution in [0.25, 0.3) is 0 Å². The lowest BCUT2D eigenvalue weighted by Gasteiger charge is -2.14. The lowest BCUT2D eigenvalue weighted by Crippen LogP contribution is -2.18. The number of hydrogen-bond donors (Lipinski definition) is 2. The summed E-state index contributed by atoms with van der Waals surface area (Å²) >= 11 is 0. The van der Waals surface area contributed by atoms with E-state index in [1.54, 1.807) is 0 Å². The largest absolute Gasteiger partial charge is 0.416 e. The summed E-state index contributed by atoms with van der Waals surface area (Å²) in [6, 6.07) is 11.6. The Balaban J connectivity index is 1.91. The third-order valence-electron chi connectivity index (χ3n) is 4.96. The summed E-state index contributed by atoms with van der Waals surface area (Å²) in [6.07, 6.45) is -4.60. The first kappa shape index (κ1) is 24.7. The zero-order valence-corrected chi connectivity index (χ0v) is 18.6. The van der Waals surface area contributed by atoms with Gasteiger partial charge in [0, 0.05) is 17.3 Å². The predicted octanol–water partition coefficient (Wildman–Crippen LogP) is 5.28. The van der Waals surface area contributed by atoms with E-state index in [-0.39, 0.29) is 33.1 Å². The number of nitrogens with zero attached hydrogens (tertiary/aromatic N) is 1. The number of hydrogen-bond acceptors (Lipinski definition) is 5. The first-order valence-corrected chi connectivity index (χ1v) is 11.1. The van der Waals surface area contributed by atoms with Crippen LogP contribution in [0.3, 0.4) is 0 Å². The molecule has 0 heterocycles. The van der Waals surface area contributed by atoms with Crippen LogP contribution in [-0.2, 0) is 16.2 Å². The average molecular weight is 493 g/mol. The van der Waals surface area contributed by atoms with Gasteiger partial charge in [-0.1, -0.05) is 18.2 Å². The highest BCUT2D eigenvalue weighted by Gasteiger charge is 2.30. The summed E-state index contributed by atoms with van der Waals surface area (Å²) in [4.78, 5) is 22.9. The van der Waals surface area contributed by atoms with E-state index in [1.165, 1.54) is 50.2 Å². The molecule has 0 fully saturated rings. The Bertz CT molecular complexity index is 1390. The van der Waals surface area contributed by atoms with E-state index in [0.717, 1.165) is 24.3 Å². The van der Waals surface area contributed by atoms with Gasteiger partial charge in [-0.15, -0.1) is 0 Å². The number of anilines is 2. The molecule has 12 heteroatoms. The van der Waals surface area contributed by atoms with Gasteiger partial charge in [0.15, 0.2) is 0 Å². The van der Waals surface area contributed by atoms with Gasteiger partial charge in [0.1, 0.15) is 0 Å². The number of sulfonamides is 1. The van der Waals surface area contributed by atoms with Crippen molar-refractivity contribution in [2.75, 3.05) is 10.0 Å². The molecule has 0 radical (unpaired) electrons. The third-order valence-corrected chi connectivity index (χ3v) is 6.32. The van der Waals surface area contributed by atoms with Crippen molar-refractivity contribution < 1.29 is 31.3 Å². The molecule has 1 amide bonds. The zero-order valence-electron chi connectivity index (χ0n) is 17.8. The molecule has 8 nitrogen and oxygen atoms in total. The van der Waals surface area contributed by atoms with Gasteiger partial charge in [0.25, 0.3) is 21.6 Å². The van der Waals surface area contributed by atoms with Gasteiger partial charge in [-0.05, 0) is 55.8 Å². The summed E-state index contributed by atoms with van der Waals surface area (Å²) in [5.41, 5.74) is -0.931. The molecule has 0 spiro atoms. The van der Waals surface area contributed by atoms with Crippen molar-refractivity contribution in [2.45, 2.75) is 24.9 Å². The highest BCUT2D eigenvalue weighted by molar-refractivity contribution is 7.92. The summed E-state index contributed by atoms with van der Waals surface area (Å²) in [7, 11) is -4.25. The number of benzene rings is 3. The van der Waals surface area contributed by atoms with E-state index in [0.29, 0.717) is 5.56 Å². The van der Waals surface area contributed by atoms with Crippen LogP contribution in [0, 0.1) is 24.0 Å². The second-order valence-corrected chi connectivity index (χ2v) is 9.00. The number of alkyl halides is 3. The predicted molar refractivity (Wildman–Crippen MR) is 119 cm³/mol. The Morgan fingerprint density at radius 2 is 1.68 bits per heavy atom. The van der Waals surface area contributed by atoms with Gasteiger partial charge in [0.05, 0.1) is 26.6 Å². The van der Waals surface area contributed by atoms with Crippen LogP contribution in [0.5, 0.6) is 0 Å². The molecule has 178 valence electrons. The minimum absolute atomic E-state index is 0.00950. The number of rotatable bonds is 6. The zero-order chi connectivity index (χ0) is 25.3. The number of carbonyl (C=O) groups excluding carboxylic acids is 1. The highest BCUT2D eigenvalue weighted by atomic mass is 32.2. The maximum atomic E-state index is 12.9. The summed E-state index contributed by atoms with van der Waals surface area (Å²) in [5.74, 6) is -0.805. The van der Waals surface area contributed by atoms with E-state index in [2.05, 4.69) is 10.0 Å². The molecule has 0 aliphatic carbocycles. The Kier molecular flexibility index (Phi) is 6.64. The van der Waals surface area contributed by atoms with E-state index >= 15 is 0 Å². The van der Waals surface area contributed by atoms with Crippen molar-refractivity contribution >= 4 is 33.0 Å². The second kappa shape index (κ2) is 9.14. The number of amides is 1. The third kappa shape index (κ3) is 5.34. The molecular formula is C22H18F3N3O5S. The Morgan fingerprint density at radius 3 is 2.32 bits per heavy atom. The van der Waals surface area contributed by atoms with Crippen LogP contribution >= 0.6 is 0 Å². The van der Waals surface area contributed by atoms with Gasteiger partial charge >= 0.3 is 6.18 Å². The van der Waals surface area contributed by atoms with Crippen molar-refractivity contribution in [3.8, 4) is 0 Å². The fourth-order valence-corrected chi connectivity index (χ4v) is 4.27. The minimum atomic E-state index is -4.60. The monoisotopic (exact) mass is 493 g/mol. The maximum Gasteiger partial charge on any atom is 0.416 e. The van der Waals surface area contributed by atoms with Crippen LogP contribution < -0.4 is 10.0 Å². The minimum Gasteiger partial charge on any atom is -0.322 e. The molecule has 3 rings (SSSR count). The normalized spacial score (nSPS) is 11.7. The molecule has 0 unspecified atom stereocenters. The number of nitrogens with one attached hydrogen (secondary N) is 2. The number of carbonyl (C=O) groups is 1.